The zero-order valence-corrected chi connectivity index (χ0v) is 25.6. The Morgan fingerprint density at radius 3 is 2.45 bits per heavy atom. The van der Waals surface area contributed by atoms with E-state index in [-0.39, 0.29) is 11.3 Å². The third-order valence-corrected chi connectivity index (χ3v) is 8.92. The molecule has 0 fully saturated rings. The number of benzene rings is 3. The van der Waals surface area contributed by atoms with E-state index in [1.54, 1.807) is 6.07 Å². The second kappa shape index (κ2) is 12.8. The minimum atomic E-state index is -1.13. The van der Waals surface area contributed by atoms with Crippen LogP contribution in [0.5, 0.6) is 5.75 Å². The molecule has 0 atom stereocenters. The van der Waals surface area contributed by atoms with Crippen molar-refractivity contribution in [3.63, 3.8) is 0 Å². The second-order valence-corrected chi connectivity index (χ2v) is 12.0. The molecule has 2 aromatic heterocycles. The zero-order chi connectivity index (χ0) is 29.8. The molecular formula is C35H38N2O4S. The number of hydrogen-bond donors (Lipinski definition) is 1. The second-order valence-electron chi connectivity index (χ2n) is 11.0. The molecule has 0 radical (unpaired) electrons. The minimum Gasteiger partial charge on any atom is -0.493 e. The summed E-state index contributed by atoms with van der Waals surface area (Å²) in [6.07, 6.45) is 6.40. The molecule has 0 bridgehead atoms. The SMILES string of the molecule is CCCCCCCOc1ccc(-c2sc3c(N(C)C)c(Cc4cccc5ccccc45)cc(=O)n3c2C(=O)O)cc1C. The number of ether oxygens (including phenoxy) is 1. The molecule has 0 unspecified atom stereocenters. The summed E-state index contributed by atoms with van der Waals surface area (Å²) in [5, 5.41) is 12.6. The normalized spacial score (nSPS) is 11.3. The largest absolute Gasteiger partial charge is 0.493 e. The number of carboxylic acids is 1. The molecule has 5 aromatic rings. The van der Waals surface area contributed by atoms with Gasteiger partial charge >= 0.3 is 5.97 Å². The highest BCUT2D eigenvalue weighted by Crippen LogP contribution is 2.40. The number of carboxylic acid groups (broad SMARTS) is 1. The van der Waals surface area contributed by atoms with Crippen molar-refractivity contribution in [1.29, 1.82) is 0 Å². The Labute approximate surface area is 250 Å². The van der Waals surface area contributed by atoms with Gasteiger partial charge in [-0.05, 0) is 64.6 Å². The van der Waals surface area contributed by atoms with Crippen molar-refractivity contribution in [2.24, 2.45) is 0 Å². The van der Waals surface area contributed by atoms with Crippen LogP contribution in [0.15, 0.2) is 71.5 Å². The van der Waals surface area contributed by atoms with Crippen LogP contribution < -0.4 is 15.2 Å². The molecule has 5 rings (SSSR count). The summed E-state index contributed by atoms with van der Waals surface area (Å²) in [7, 11) is 3.87. The summed E-state index contributed by atoms with van der Waals surface area (Å²) in [5.74, 6) is -0.328. The number of aromatic carboxylic acids is 1. The number of aryl methyl sites for hydroxylation is 1. The molecule has 0 saturated carbocycles. The Morgan fingerprint density at radius 1 is 0.952 bits per heavy atom. The van der Waals surface area contributed by atoms with Crippen LogP contribution in [-0.4, -0.2) is 36.2 Å². The average Bonchev–Trinajstić information content (AvgIpc) is 3.37. The molecule has 42 heavy (non-hydrogen) atoms. The highest BCUT2D eigenvalue weighted by molar-refractivity contribution is 7.21. The summed E-state index contributed by atoms with van der Waals surface area (Å²) < 4.78 is 7.40. The Bertz CT molecular complexity index is 1800. The van der Waals surface area contributed by atoms with Gasteiger partial charge in [0.15, 0.2) is 5.69 Å². The van der Waals surface area contributed by atoms with Gasteiger partial charge in [-0.1, -0.05) is 75.1 Å². The van der Waals surface area contributed by atoms with E-state index < -0.39 is 5.97 Å². The number of hydrogen-bond acceptors (Lipinski definition) is 5. The lowest BCUT2D eigenvalue weighted by Gasteiger charge is -2.19. The molecule has 6 nitrogen and oxygen atoms in total. The number of pyridine rings is 1. The van der Waals surface area contributed by atoms with Crippen LogP contribution in [0.2, 0.25) is 0 Å². The van der Waals surface area contributed by atoms with E-state index >= 15 is 0 Å². The van der Waals surface area contributed by atoms with E-state index in [2.05, 4.69) is 31.2 Å². The predicted molar refractivity (Wildman–Crippen MR) is 174 cm³/mol. The minimum absolute atomic E-state index is 0.0104. The Kier molecular flexibility index (Phi) is 8.97. The van der Waals surface area contributed by atoms with Crippen molar-refractivity contribution in [3.8, 4) is 16.2 Å². The van der Waals surface area contributed by atoms with Gasteiger partial charge in [-0.3, -0.25) is 9.20 Å². The van der Waals surface area contributed by atoms with E-state index in [1.165, 1.54) is 35.0 Å². The molecule has 0 aliphatic heterocycles. The maximum Gasteiger partial charge on any atom is 0.354 e. The van der Waals surface area contributed by atoms with E-state index in [0.29, 0.717) is 22.7 Å². The number of nitrogens with zero attached hydrogens (tertiary/aromatic N) is 2. The fourth-order valence-corrected chi connectivity index (χ4v) is 7.07. The molecule has 0 amide bonds. The van der Waals surface area contributed by atoms with Crippen molar-refractivity contribution in [1.82, 2.24) is 4.40 Å². The van der Waals surface area contributed by atoms with Crippen molar-refractivity contribution in [2.75, 3.05) is 25.6 Å². The highest BCUT2D eigenvalue weighted by atomic mass is 32.1. The van der Waals surface area contributed by atoms with Crippen molar-refractivity contribution in [3.05, 3.63) is 99.5 Å². The van der Waals surface area contributed by atoms with Crippen LogP contribution in [0, 0.1) is 6.92 Å². The molecule has 1 N–H and O–H groups in total. The molecule has 2 heterocycles. The van der Waals surface area contributed by atoms with Gasteiger partial charge in [-0.25, -0.2) is 4.79 Å². The summed E-state index contributed by atoms with van der Waals surface area (Å²) >= 11 is 1.35. The molecule has 0 aliphatic carbocycles. The third kappa shape index (κ3) is 5.93. The van der Waals surface area contributed by atoms with Crippen LogP contribution in [0.3, 0.4) is 0 Å². The van der Waals surface area contributed by atoms with Gasteiger partial charge in [0.2, 0.25) is 0 Å². The number of thiazole rings is 1. The Balaban J connectivity index is 1.56. The topological polar surface area (TPSA) is 71.2 Å². The fraction of sp³-hybridized carbons (Fsp3) is 0.314. The van der Waals surface area contributed by atoms with Crippen LogP contribution in [0.25, 0.3) is 26.0 Å². The predicted octanol–water partition coefficient (Wildman–Crippen LogP) is 8.19. The first kappa shape index (κ1) is 29.4. The summed E-state index contributed by atoms with van der Waals surface area (Å²) in [6.45, 7) is 4.84. The van der Waals surface area contributed by atoms with Gasteiger partial charge < -0.3 is 14.7 Å². The summed E-state index contributed by atoms with van der Waals surface area (Å²) in [4.78, 5) is 29.4. The molecule has 3 aromatic carbocycles. The number of rotatable bonds is 12. The first-order valence-electron chi connectivity index (χ1n) is 14.6. The first-order valence-corrected chi connectivity index (χ1v) is 15.4. The molecule has 0 aliphatic rings. The maximum atomic E-state index is 13.6. The number of unbranched alkanes of at least 4 members (excludes halogenated alkanes) is 4. The van der Waals surface area contributed by atoms with Gasteiger partial charge in [0, 0.05) is 26.6 Å². The first-order chi connectivity index (χ1) is 20.3. The Morgan fingerprint density at radius 2 is 1.71 bits per heavy atom. The smallest absolute Gasteiger partial charge is 0.354 e. The number of anilines is 1. The molecule has 0 spiro atoms. The highest BCUT2D eigenvalue weighted by Gasteiger charge is 2.26. The van der Waals surface area contributed by atoms with Crippen molar-refractivity contribution in [2.45, 2.75) is 52.4 Å². The molecule has 218 valence electrons. The lowest BCUT2D eigenvalue weighted by molar-refractivity contribution is 0.0690. The van der Waals surface area contributed by atoms with Crippen LogP contribution in [-0.2, 0) is 6.42 Å². The van der Waals surface area contributed by atoms with Gasteiger partial charge in [0.1, 0.15) is 10.6 Å². The van der Waals surface area contributed by atoms with E-state index in [1.807, 2.05) is 62.3 Å². The van der Waals surface area contributed by atoms with Gasteiger partial charge in [0.25, 0.3) is 5.56 Å². The quantitative estimate of drug-likeness (QED) is 0.150. The summed E-state index contributed by atoms with van der Waals surface area (Å²) in [6, 6.07) is 21.8. The standard InChI is InChI=1S/C35H38N2O4S/c1-5-6-7-8-11-19-41-29-18-17-26(20-23(29)2)33-32(35(39)40)37-30(38)22-27(31(36(3)4)34(37)42-33)21-25-15-12-14-24-13-9-10-16-28(24)25/h9-10,12-18,20,22H,5-8,11,19,21H2,1-4H3,(H,39,40). The summed E-state index contributed by atoms with van der Waals surface area (Å²) in [5.41, 5.74) is 4.17. The van der Waals surface area contributed by atoms with Crippen molar-refractivity contribution >= 4 is 38.6 Å². The Hall–Kier alpha value is -4.10. The van der Waals surface area contributed by atoms with E-state index in [0.717, 1.165) is 57.3 Å². The van der Waals surface area contributed by atoms with E-state index in [4.69, 9.17) is 4.74 Å². The van der Waals surface area contributed by atoms with Crippen LogP contribution in [0.4, 0.5) is 5.69 Å². The van der Waals surface area contributed by atoms with Gasteiger partial charge in [-0.2, -0.15) is 0 Å². The molecular weight excluding hydrogens is 544 g/mol. The van der Waals surface area contributed by atoms with Gasteiger partial charge in [0.05, 0.1) is 17.2 Å². The van der Waals surface area contributed by atoms with Crippen LogP contribution >= 0.6 is 11.3 Å². The number of fused-ring (bicyclic) bond motifs is 2. The molecule has 0 saturated heterocycles. The number of aromatic nitrogens is 1. The van der Waals surface area contributed by atoms with E-state index in [9.17, 15) is 14.7 Å². The molecule has 7 heteroatoms. The van der Waals surface area contributed by atoms with Crippen molar-refractivity contribution < 1.29 is 14.6 Å². The number of carbonyl (C=O) groups is 1. The third-order valence-electron chi connectivity index (χ3n) is 7.72. The lowest BCUT2D eigenvalue weighted by Crippen LogP contribution is -2.22. The monoisotopic (exact) mass is 582 g/mol. The maximum absolute atomic E-state index is 13.6. The fourth-order valence-electron chi connectivity index (χ4n) is 5.67. The van der Waals surface area contributed by atoms with Gasteiger partial charge in [-0.15, -0.1) is 11.3 Å². The lowest BCUT2D eigenvalue weighted by atomic mass is 9.98. The average molecular weight is 583 g/mol. The zero-order valence-electron chi connectivity index (χ0n) is 24.8. The van der Waals surface area contributed by atoms with Crippen LogP contribution in [0.1, 0.15) is 66.2 Å².